The van der Waals surface area contributed by atoms with Crippen molar-refractivity contribution in [3.05, 3.63) is 28.6 Å². The Kier molecular flexibility index (Phi) is 1.74. The van der Waals surface area contributed by atoms with Crippen LogP contribution < -0.4 is 0 Å². The summed E-state index contributed by atoms with van der Waals surface area (Å²) in [7, 11) is 0. The first kappa shape index (κ1) is 8.53. The molecule has 0 saturated carbocycles. The molecule has 3 aromatic rings. The summed E-state index contributed by atoms with van der Waals surface area (Å²) in [6.45, 7) is 0. The maximum absolute atomic E-state index is 9.41. The normalized spacial score (nSPS) is 11.5. The minimum atomic E-state index is 0.356. The zero-order valence-corrected chi connectivity index (χ0v) is 9.34. The molecule has 0 fully saturated rings. The van der Waals surface area contributed by atoms with E-state index in [-0.39, 0.29) is 0 Å². The van der Waals surface area contributed by atoms with Crippen molar-refractivity contribution in [3.63, 3.8) is 0 Å². The largest absolute Gasteiger partial charge is 0.499 e. The molecule has 0 aliphatic heterocycles. The van der Waals surface area contributed by atoms with Crippen LogP contribution in [0.1, 0.15) is 0 Å². The second-order valence-corrected chi connectivity index (χ2v) is 5.80. The van der Waals surface area contributed by atoms with Crippen molar-refractivity contribution in [1.82, 2.24) is 0 Å². The summed E-state index contributed by atoms with van der Waals surface area (Å²) in [6.07, 6.45) is 0. The molecule has 0 aliphatic rings. The minimum Gasteiger partial charge on any atom is -0.499 e. The quantitative estimate of drug-likeness (QED) is 0.615. The van der Waals surface area contributed by atoms with E-state index in [2.05, 4.69) is 0 Å². The topological polar surface area (TPSA) is 20.2 Å². The second kappa shape index (κ2) is 2.86. The van der Waals surface area contributed by atoms with E-state index in [1.807, 2.05) is 18.2 Å². The van der Waals surface area contributed by atoms with Crippen LogP contribution in [0.5, 0.6) is 5.06 Å². The first-order valence-electron chi connectivity index (χ1n) is 4.04. The maximum atomic E-state index is 9.41. The Morgan fingerprint density at radius 3 is 2.43 bits per heavy atom. The molecule has 1 N–H and O–H groups in total. The van der Waals surface area contributed by atoms with Crippen LogP contribution in [-0.4, -0.2) is 5.11 Å². The average Bonchev–Trinajstić information content (AvgIpc) is 2.65. The van der Waals surface area contributed by atoms with E-state index >= 15 is 0 Å². The van der Waals surface area contributed by atoms with Crippen LogP contribution in [0.3, 0.4) is 0 Å². The van der Waals surface area contributed by atoms with Gasteiger partial charge in [-0.25, -0.2) is 0 Å². The molecule has 2 aromatic heterocycles. The van der Waals surface area contributed by atoms with Crippen molar-refractivity contribution >= 4 is 54.4 Å². The van der Waals surface area contributed by atoms with Crippen LogP contribution in [0, 0.1) is 0 Å². The fourth-order valence-corrected chi connectivity index (χ4v) is 3.56. The van der Waals surface area contributed by atoms with Crippen molar-refractivity contribution in [3.8, 4) is 5.06 Å². The molecule has 0 amide bonds. The van der Waals surface area contributed by atoms with Crippen LogP contribution in [0.15, 0.2) is 24.3 Å². The highest BCUT2D eigenvalue weighted by Gasteiger charge is 2.07. The summed E-state index contributed by atoms with van der Waals surface area (Å²) in [5, 5.41) is 12.0. The predicted molar refractivity (Wildman–Crippen MR) is 63.9 cm³/mol. The van der Waals surface area contributed by atoms with Gasteiger partial charge in [0, 0.05) is 26.2 Å². The van der Waals surface area contributed by atoms with Crippen LogP contribution >= 0.6 is 34.3 Å². The van der Waals surface area contributed by atoms with Gasteiger partial charge in [-0.05, 0) is 18.2 Å². The lowest BCUT2D eigenvalue weighted by atomic mass is 10.2. The summed E-state index contributed by atoms with van der Waals surface area (Å²) in [5.74, 6) is 0. The molecule has 14 heavy (non-hydrogen) atoms. The van der Waals surface area contributed by atoms with Crippen molar-refractivity contribution in [2.75, 3.05) is 0 Å². The van der Waals surface area contributed by atoms with Crippen LogP contribution in [0.2, 0.25) is 4.34 Å². The van der Waals surface area contributed by atoms with Gasteiger partial charge in [0.2, 0.25) is 0 Å². The molecule has 3 rings (SSSR count). The molecule has 0 unspecified atom stereocenters. The van der Waals surface area contributed by atoms with E-state index in [1.165, 1.54) is 16.0 Å². The Morgan fingerprint density at radius 1 is 1.00 bits per heavy atom. The minimum absolute atomic E-state index is 0.356. The van der Waals surface area contributed by atoms with Gasteiger partial charge >= 0.3 is 0 Å². The Balaban J connectivity index is 2.58. The Hall–Kier alpha value is -0.770. The van der Waals surface area contributed by atoms with Crippen molar-refractivity contribution in [2.45, 2.75) is 0 Å². The van der Waals surface area contributed by atoms with E-state index in [9.17, 15) is 5.11 Å². The van der Waals surface area contributed by atoms with Crippen LogP contribution in [0.25, 0.3) is 20.2 Å². The highest BCUT2D eigenvalue weighted by atomic mass is 35.5. The number of hydrogen-bond acceptors (Lipinski definition) is 3. The lowest BCUT2D eigenvalue weighted by molar-refractivity contribution is 0.491. The molecule has 0 atom stereocenters. The van der Waals surface area contributed by atoms with E-state index in [4.69, 9.17) is 11.6 Å². The summed E-state index contributed by atoms with van der Waals surface area (Å²) >= 11 is 8.91. The van der Waals surface area contributed by atoms with Gasteiger partial charge in [0.1, 0.15) is 0 Å². The van der Waals surface area contributed by atoms with E-state index < -0.39 is 0 Å². The number of thiophene rings is 2. The first-order valence-corrected chi connectivity index (χ1v) is 6.06. The first-order chi connectivity index (χ1) is 6.74. The number of hydrogen-bond donors (Lipinski definition) is 1. The highest BCUT2D eigenvalue weighted by Crippen LogP contribution is 2.39. The van der Waals surface area contributed by atoms with E-state index in [0.717, 1.165) is 19.8 Å². The van der Waals surface area contributed by atoms with Gasteiger partial charge in [-0.15, -0.1) is 11.3 Å². The molecule has 1 nitrogen and oxygen atoms in total. The lowest BCUT2D eigenvalue weighted by Crippen LogP contribution is -1.62. The summed E-state index contributed by atoms with van der Waals surface area (Å²) < 4.78 is 3.06. The van der Waals surface area contributed by atoms with Crippen LogP contribution in [0.4, 0.5) is 0 Å². The van der Waals surface area contributed by atoms with Gasteiger partial charge in [0.25, 0.3) is 0 Å². The fourth-order valence-electron chi connectivity index (χ4n) is 1.59. The summed E-state index contributed by atoms with van der Waals surface area (Å²) in [6, 6.07) is 7.82. The number of benzene rings is 1. The molecule has 0 saturated heterocycles. The van der Waals surface area contributed by atoms with E-state index in [0.29, 0.717) is 5.06 Å². The number of aromatic hydroxyl groups is 1. The highest BCUT2D eigenvalue weighted by molar-refractivity contribution is 7.23. The fraction of sp³-hybridized carbons (Fsp3) is 0. The molecule has 2 heterocycles. The van der Waals surface area contributed by atoms with Gasteiger partial charge in [0.05, 0.1) is 4.34 Å². The maximum Gasteiger partial charge on any atom is 0.172 e. The van der Waals surface area contributed by atoms with Gasteiger partial charge in [0.15, 0.2) is 5.06 Å². The molecule has 0 bridgehead atoms. The monoisotopic (exact) mass is 240 g/mol. The predicted octanol–water partition coefficient (Wildman–Crippen LogP) is 4.48. The van der Waals surface area contributed by atoms with Crippen molar-refractivity contribution in [2.24, 2.45) is 0 Å². The average molecular weight is 241 g/mol. The molecule has 0 radical (unpaired) electrons. The third-order valence-corrected chi connectivity index (χ3v) is 4.29. The Labute approximate surface area is 93.2 Å². The van der Waals surface area contributed by atoms with Gasteiger partial charge < -0.3 is 5.11 Å². The molecule has 70 valence electrons. The smallest absolute Gasteiger partial charge is 0.172 e. The van der Waals surface area contributed by atoms with Gasteiger partial charge in [-0.2, -0.15) is 0 Å². The van der Waals surface area contributed by atoms with Crippen molar-refractivity contribution in [1.29, 1.82) is 0 Å². The molecule has 0 spiro atoms. The summed E-state index contributed by atoms with van der Waals surface area (Å²) in [4.78, 5) is 0. The molecular weight excluding hydrogens is 236 g/mol. The zero-order valence-electron chi connectivity index (χ0n) is 6.95. The lowest BCUT2D eigenvalue weighted by Gasteiger charge is -1.89. The van der Waals surface area contributed by atoms with Crippen molar-refractivity contribution < 1.29 is 5.11 Å². The molecule has 1 aromatic carbocycles. The standard InChI is InChI=1S/C10H5ClOS2/c11-9-3-5-6-4-10(12)14-8(6)2-1-7(5)13-9/h1-4,12H. The Bertz CT molecular complexity index is 568. The van der Waals surface area contributed by atoms with Gasteiger partial charge in [-0.3, -0.25) is 0 Å². The third kappa shape index (κ3) is 1.13. The Morgan fingerprint density at radius 2 is 1.64 bits per heavy atom. The van der Waals surface area contributed by atoms with Gasteiger partial charge in [-0.1, -0.05) is 22.9 Å². The zero-order chi connectivity index (χ0) is 9.71. The number of fused-ring (bicyclic) bond motifs is 3. The third-order valence-electron chi connectivity index (χ3n) is 2.15. The van der Waals surface area contributed by atoms with Crippen LogP contribution in [-0.2, 0) is 0 Å². The number of halogens is 1. The number of rotatable bonds is 0. The SMILES string of the molecule is Oc1cc2c(ccc3sc(Cl)cc32)s1. The molecule has 4 heteroatoms. The molecular formula is C10H5ClOS2. The molecule has 0 aliphatic carbocycles. The summed E-state index contributed by atoms with van der Waals surface area (Å²) in [5.41, 5.74) is 0. The van der Waals surface area contributed by atoms with E-state index in [1.54, 1.807) is 17.4 Å². The second-order valence-electron chi connectivity index (χ2n) is 3.02.